The fourth-order valence-electron chi connectivity index (χ4n) is 2.60. The minimum absolute atomic E-state index is 0.680. The van der Waals surface area contributed by atoms with Gasteiger partial charge in [0.2, 0.25) is 15.0 Å². The Labute approximate surface area is 141 Å². The van der Waals surface area contributed by atoms with Gasteiger partial charge in [0, 0.05) is 6.54 Å². The Morgan fingerprint density at radius 2 is 1.17 bits per heavy atom. The van der Waals surface area contributed by atoms with Gasteiger partial charge in [-0.2, -0.15) is 13.5 Å². The van der Waals surface area contributed by atoms with Crippen molar-refractivity contribution < 1.29 is 4.52 Å². The predicted molar refractivity (Wildman–Crippen MR) is 101 cm³/mol. The SMILES string of the molecule is CN1CCOP12=NP(N(C)C)(N(C)C)=NP(N(C)C)(N(C)C)=N2. The lowest BCUT2D eigenvalue weighted by Gasteiger charge is -2.44. The summed E-state index contributed by atoms with van der Waals surface area (Å²) in [6.45, 7) is 1.54. The molecule has 0 aliphatic carbocycles. The van der Waals surface area contributed by atoms with Gasteiger partial charge < -0.3 is 4.52 Å². The molecule has 23 heavy (non-hydrogen) atoms. The number of likely N-dealkylation sites (N-methyl/N-ethyl adjacent to an activating group) is 1. The number of hydrogen-bond acceptors (Lipinski definition) is 9. The van der Waals surface area contributed by atoms with Crippen molar-refractivity contribution >= 4 is 22.6 Å². The monoisotopic (exact) mass is 384 g/mol. The number of hydrogen-bond donors (Lipinski definition) is 0. The fourth-order valence-corrected chi connectivity index (χ4v) is 16.7. The Morgan fingerprint density at radius 3 is 1.52 bits per heavy atom. The van der Waals surface area contributed by atoms with Crippen LogP contribution >= 0.6 is 22.6 Å². The van der Waals surface area contributed by atoms with Crippen molar-refractivity contribution in [3.8, 4) is 0 Å². The molecule has 2 aliphatic heterocycles. The van der Waals surface area contributed by atoms with Crippen LogP contribution < -0.4 is 0 Å². The van der Waals surface area contributed by atoms with Crippen molar-refractivity contribution in [1.29, 1.82) is 0 Å². The zero-order valence-corrected chi connectivity index (χ0v) is 18.4. The number of nitrogens with zero attached hydrogens (tertiary/aromatic N) is 8. The molecular weight excluding hydrogens is 353 g/mol. The zero-order chi connectivity index (χ0) is 17.6. The van der Waals surface area contributed by atoms with E-state index >= 15 is 0 Å². The molecule has 1 unspecified atom stereocenters. The molecule has 0 aromatic heterocycles. The fraction of sp³-hybridized carbons (Fsp3) is 1.00. The van der Waals surface area contributed by atoms with E-state index in [1.165, 1.54) is 0 Å². The average molecular weight is 384 g/mol. The van der Waals surface area contributed by atoms with Crippen LogP contribution in [0.3, 0.4) is 0 Å². The van der Waals surface area contributed by atoms with E-state index in [2.05, 4.69) is 86.8 Å². The van der Waals surface area contributed by atoms with E-state index in [-0.39, 0.29) is 0 Å². The highest BCUT2D eigenvalue weighted by molar-refractivity contribution is 7.82. The van der Waals surface area contributed by atoms with Crippen LogP contribution in [0.5, 0.6) is 0 Å². The predicted octanol–water partition coefficient (Wildman–Crippen LogP) is 3.05. The standard InChI is InChI=1S/C11H31N8OP3/c1-15(2)21(16(3)4)12-22(17(5)6,18(7)8)14-23(13-21)19(9)10-11-20-23/h10-11H2,1-9H3. The van der Waals surface area contributed by atoms with Crippen LogP contribution in [0.25, 0.3) is 0 Å². The van der Waals surface area contributed by atoms with Gasteiger partial charge in [-0.3, -0.25) is 0 Å². The van der Waals surface area contributed by atoms with Crippen molar-refractivity contribution in [2.45, 2.75) is 0 Å². The molecule has 1 atom stereocenters. The van der Waals surface area contributed by atoms with Crippen LogP contribution in [0.2, 0.25) is 0 Å². The molecule has 9 nitrogen and oxygen atoms in total. The smallest absolute Gasteiger partial charge is 0.282 e. The van der Waals surface area contributed by atoms with Gasteiger partial charge in [0.25, 0.3) is 7.58 Å². The van der Waals surface area contributed by atoms with Crippen molar-refractivity contribution in [2.75, 3.05) is 76.6 Å². The lowest BCUT2D eigenvalue weighted by Crippen LogP contribution is -2.26. The maximum Gasteiger partial charge on any atom is 0.282 e. The van der Waals surface area contributed by atoms with E-state index in [0.29, 0.717) is 6.61 Å². The molecule has 0 radical (unpaired) electrons. The molecule has 0 aromatic rings. The maximum atomic E-state index is 6.20. The molecule has 0 N–H and O–H groups in total. The van der Waals surface area contributed by atoms with Gasteiger partial charge in [0.05, 0.1) is 6.61 Å². The summed E-state index contributed by atoms with van der Waals surface area (Å²) in [5.41, 5.74) is 0. The largest absolute Gasteiger partial charge is 0.314 e. The minimum atomic E-state index is -2.37. The van der Waals surface area contributed by atoms with Gasteiger partial charge in [-0.15, -0.1) is 0 Å². The highest BCUT2D eigenvalue weighted by Crippen LogP contribution is 2.81. The minimum Gasteiger partial charge on any atom is -0.314 e. The summed E-state index contributed by atoms with van der Waals surface area (Å²) < 4.78 is 32.7. The van der Waals surface area contributed by atoms with Gasteiger partial charge in [0.15, 0.2) is 0 Å². The molecule has 12 heteroatoms. The summed E-state index contributed by atoms with van der Waals surface area (Å²) >= 11 is 0. The van der Waals surface area contributed by atoms with E-state index in [1.807, 2.05) is 0 Å². The second-order valence-corrected chi connectivity index (χ2v) is 15.9. The van der Waals surface area contributed by atoms with Crippen LogP contribution in [0.4, 0.5) is 0 Å². The molecule has 0 aromatic carbocycles. The van der Waals surface area contributed by atoms with Gasteiger partial charge >= 0.3 is 0 Å². The Morgan fingerprint density at radius 1 is 0.739 bits per heavy atom. The topological polar surface area (TPSA) is 62.5 Å². The average Bonchev–Trinajstić information content (AvgIpc) is 2.77. The molecular formula is C11H31N8OP3. The van der Waals surface area contributed by atoms with E-state index < -0.39 is 22.6 Å². The summed E-state index contributed by atoms with van der Waals surface area (Å²) in [6.07, 6.45) is 0. The van der Waals surface area contributed by atoms with Gasteiger partial charge in [-0.1, -0.05) is 0 Å². The van der Waals surface area contributed by atoms with E-state index in [1.54, 1.807) is 0 Å². The summed E-state index contributed by atoms with van der Waals surface area (Å²) in [5, 5.41) is 0. The van der Waals surface area contributed by atoms with Gasteiger partial charge in [-0.05, 0) is 63.4 Å². The zero-order valence-electron chi connectivity index (χ0n) is 15.7. The first kappa shape index (κ1) is 19.8. The van der Waals surface area contributed by atoms with Crippen LogP contribution in [-0.2, 0) is 4.52 Å². The van der Waals surface area contributed by atoms with E-state index in [9.17, 15) is 0 Å². The normalized spacial score (nSPS) is 30.1. The summed E-state index contributed by atoms with van der Waals surface area (Å²) in [7, 11) is 11.6. The summed E-state index contributed by atoms with van der Waals surface area (Å²) in [4.78, 5) is 0. The quantitative estimate of drug-likeness (QED) is 0.695. The van der Waals surface area contributed by atoms with Crippen molar-refractivity contribution in [3.63, 3.8) is 0 Å². The molecule has 0 amide bonds. The first-order chi connectivity index (χ1) is 10.5. The second-order valence-electron chi connectivity index (χ2n) is 6.46. The lowest BCUT2D eigenvalue weighted by atomic mass is 10.7. The molecule has 2 heterocycles. The first-order valence-corrected chi connectivity index (χ1v) is 12.3. The van der Waals surface area contributed by atoms with E-state index in [0.717, 1.165) is 6.54 Å². The lowest BCUT2D eigenvalue weighted by molar-refractivity contribution is 0.389. The highest BCUT2D eigenvalue weighted by Gasteiger charge is 2.46. The van der Waals surface area contributed by atoms with E-state index in [4.69, 9.17) is 18.1 Å². The molecule has 0 bridgehead atoms. The van der Waals surface area contributed by atoms with Crippen LogP contribution in [-0.4, -0.2) is 99.9 Å². The molecule has 2 rings (SSSR count). The van der Waals surface area contributed by atoms with Crippen LogP contribution in [0.1, 0.15) is 0 Å². The Bertz CT molecular complexity index is 583. The van der Waals surface area contributed by atoms with Gasteiger partial charge in [0.1, 0.15) is 0 Å². The summed E-state index contributed by atoms with van der Waals surface area (Å²) in [5.74, 6) is 0. The maximum absolute atomic E-state index is 6.20. The van der Waals surface area contributed by atoms with Crippen molar-refractivity contribution in [3.05, 3.63) is 0 Å². The highest BCUT2D eigenvalue weighted by atomic mass is 31.3. The molecule has 1 fully saturated rings. The van der Waals surface area contributed by atoms with Crippen molar-refractivity contribution in [2.24, 2.45) is 13.5 Å². The molecule has 0 saturated carbocycles. The first-order valence-electron chi connectivity index (χ1n) is 7.51. The van der Waals surface area contributed by atoms with Crippen LogP contribution in [0.15, 0.2) is 13.5 Å². The third-order valence-corrected chi connectivity index (χ3v) is 15.6. The molecule has 2 aliphatic rings. The van der Waals surface area contributed by atoms with Crippen LogP contribution in [0, 0.1) is 0 Å². The third-order valence-electron chi connectivity index (χ3n) is 3.98. The van der Waals surface area contributed by atoms with Gasteiger partial charge in [-0.25, -0.2) is 23.4 Å². The Balaban J connectivity index is 2.94. The Kier molecular flexibility index (Phi) is 5.71. The molecule has 1 spiro atoms. The Hall–Kier alpha value is 0.450. The third kappa shape index (κ3) is 3.05. The number of rotatable bonds is 4. The molecule has 136 valence electrons. The summed E-state index contributed by atoms with van der Waals surface area (Å²) in [6, 6.07) is 0. The molecule has 1 saturated heterocycles. The second kappa shape index (κ2) is 6.64. The van der Waals surface area contributed by atoms with Crippen molar-refractivity contribution in [1.82, 2.24) is 23.4 Å².